The van der Waals surface area contributed by atoms with Gasteiger partial charge >= 0.3 is 0 Å². The molecule has 306 valence electrons. The molecule has 0 amide bonds. The lowest BCUT2D eigenvalue weighted by Gasteiger charge is -2.40. The van der Waals surface area contributed by atoms with E-state index in [9.17, 15) is 0 Å². The van der Waals surface area contributed by atoms with E-state index in [0.717, 1.165) is 34.2 Å². The van der Waals surface area contributed by atoms with E-state index >= 15 is 0 Å². The van der Waals surface area contributed by atoms with Gasteiger partial charge in [-0.1, -0.05) is 172 Å². The minimum atomic E-state index is -0.312. The molecule has 0 spiro atoms. The molecule has 0 atom stereocenters. The van der Waals surface area contributed by atoms with Gasteiger partial charge in [0.15, 0.2) is 0 Å². The van der Waals surface area contributed by atoms with E-state index in [1.165, 1.54) is 83.0 Å². The molecule has 0 fully saturated rings. The Labute approximate surface area is 380 Å². The van der Waals surface area contributed by atoms with Gasteiger partial charge in [0.1, 0.15) is 11.5 Å². The van der Waals surface area contributed by atoms with Crippen molar-refractivity contribution in [3.63, 3.8) is 0 Å². The maximum Gasteiger partial charge on any atom is 0.256 e. The van der Waals surface area contributed by atoms with Crippen LogP contribution in [-0.4, -0.2) is 6.71 Å². The Morgan fingerprint density at radius 3 is 1.71 bits per heavy atom. The lowest BCUT2D eigenvalue weighted by Crippen LogP contribution is -2.59. The Morgan fingerprint density at radius 1 is 0.446 bits per heavy atom. The molecule has 3 aliphatic rings. The lowest BCUT2D eigenvalue weighted by molar-refractivity contribution is 0.487. The number of benzene rings is 10. The minimum absolute atomic E-state index is 0.0489. The molecule has 4 heteroatoms. The Morgan fingerprint density at radius 2 is 1.03 bits per heavy atom. The molecule has 0 N–H and O–H groups in total. The maximum atomic E-state index is 7.18. The maximum absolute atomic E-state index is 7.18. The van der Waals surface area contributed by atoms with Crippen molar-refractivity contribution in [2.75, 3.05) is 9.80 Å². The van der Waals surface area contributed by atoms with Crippen LogP contribution in [-0.2, 0) is 5.41 Å². The third-order valence-electron chi connectivity index (χ3n) is 14.1. The average molecular weight is 831 g/mol. The fraction of sp³-hybridized carbons (Fsp3) is 0.0492. The van der Waals surface area contributed by atoms with Crippen molar-refractivity contribution in [2.24, 2.45) is 0 Å². The highest BCUT2D eigenvalue weighted by Gasteiger charge is 2.45. The molecule has 10 aromatic carbocycles. The molecule has 1 aliphatic carbocycles. The van der Waals surface area contributed by atoms with Gasteiger partial charge in [0.25, 0.3) is 6.71 Å². The first kappa shape index (κ1) is 37.5. The summed E-state index contributed by atoms with van der Waals surface area (Å²) in [5.41, 5.74) is 20.2. The van der Waals surface area contributed by atoms with Crippen molar-refractivity contribution in [2.45, 2.75) is 19.3 Å². The zero-order chi connectivity index (χ0) is 43.2. The van der Waals surface area contributed by atoms with Gasteiger partial charge in [-0.2, -0.15) is 0 Å². The summed E-state index contributed by atoms with van der Waals surface area (Å²) in [4.78, 5) is 4.85. The number of anilines is 6. The lowest BCUT2D eigenvalue weighted by atomic mass is 9.34. The summed E-state index contributed by atoms with van der Waals surface area (Å²) in [6.45, 7) is 4.77. The number of hydrogen-bond acceptors (Lipinski definition) is 3. The molecule has 65 heavy (non-hydrogen) atoms. The average Bonchev–Trinajstić information content (AvgIpc) is 3.59. The molecule has 13 rings (SSSR count). The summed E-state index contributed by atoms with van der Waals surface area (Å²) in [6, 6.07) is 81.8. The van der Waals surface area contributed by atoms with Crippen molar-refractivity contribution in [3.8, 4) is 44.9 Å². The third-order valence-corrected chi connectivity index (χ3v) is 14.1. The molecule has 0 aromatic heterocycles. The highest BCUT2D eigenvalue weighted by Crippen LogP contribution is 2.56. The predicted octanol–water partition coefficient (Wildman–Crippen LogP) is 14.4. The van der Waals surface area contributed by atoms with Gasteiger partial charge in [-0.05, 0) is 133 Å². The van der Waals surface area contributed by atoms with Gasteiger partial charge in [-0.25, -0.2) is 0 Å². The Kier molecular flexibility index (Phi) is 8.35. The summed E-state index contributed by atoms with van der Waals surface area (Å²) in [5.74, 6) is 1.82. The van der Waals surface area contributed by atoms with Gasteiger partial charge < -0.3 is 14.5 Å². The largest absolute Gasteiger partial charge is 0.458 e. The molecule has 0 bridgehead atoms. The van der Waals surface area contributed by atoms with Crippen LogP contribution in [0.3, 0.4) is 0 Å². The predicted molar refractivity (Wildman–Crippen MR) is 273 cm³/mol. The number of rotatable bonds is 6. The third kappa shape index (κ3) is 5.77. The molecular formula is C61H43BN2O. The van der Waals surface area contributed by atoms with Crippen LogP contribution >= 0.6 is 0 Å². The van der Waals surface area contributed by atoms with Gasteiger partial charge in [-0.3, -0.25) is 0 Å². The topological polar surface area (TPSA) is 15.7 Å². The number of ether oxygens (including phenoxy) is 1. The van der Waals surface area contributed by atoms with Crippen LogP contribution < -0.4 is 30.9 Å². The number of hydrogen-bond donors (Lipinski definition) is 0. The number of para-hydroxylation sites is 2. The van der Waals surface area contributed by atoms with Gasteiger partial charge in [0.05, 0.1) is 5.69 Å². The van der Waals surface area contributed by atoms with Crippen LogP contribution in [0.25, 0.3) is 44.2 Å². The molecular weight excluding hydrogens is 787 g/mol. The van der Waals surface area contributed by atoms with E-state index < -0.39 is 0 Å². The van der Waals surface area contributed by atoms with Gasteiger partial charge in [0.2, 0.25) is 0 Å². The first-order valence-corrected chi connectivity index (χ1v) is 22.6. The first-order chi connectivity index (χ1) is 32.0. The van der Waals surface area contributed by atoms with Gasteiger partial charge in [0, 0.05) is 39.2 Å². The SMILES string of the molecule is CC1(C)c2cc3c(cc2-c2c1cc(N(c1ccccc1)c1ccccc1)c1ccccc21)Oc1cccc2c1B3c1cc(-c3ccccc3)ccc1N2c1ccc(-c2ccccc2)cc1. The Hall–Kier alpha value is -8.08. The van der Waals surface area contributed by atoms with E-state index in [1.54, 1.807) is 0 Å². The van der Waals surface area contributed by atoms with Gasteiger partial charge in [-0.15, -0.1) is 0 Å². The van der Waals surface area contributed by atoms with Crippen LogP contribution in [0.5, 0.6) is 11.5 Å². The summed E-state index contributed by atoms with van der Waals surface area (Å²) in [5, 5.41) is 2.45. The zero-order valence-electron chi connectivity index (χ0n) is 36.2. The Bertz CT molecular complexity index is 3440. The minimum Gasteiger partial charge on any atom is -0.458 e. The molecule has 0 unspecified atom stereocenters. The standard InChI is InChI=1S/C61H43BN2O/c1-61(2)50-38-53-58(37-49(50)59-48-27-16-15-26-47(48)56(39-51(59)61)63(44-22-11-5-12-23-44)45-24-13-6-14-25-45)65-57-29-17-28-55-60(57)62(53)52-36-43(41-20-9-4-10-21-41)32-35-54(52)64(55)46-33-30-42(31-34-46)40-18-7-3-8-19-40/h3-39H,1-2H3. The second-order valence-corrected chi connectivity index (χ2v) is 18.0. The van der Waals surface area contributed by atoms with Crippen LogP contribution in [0.1, 0.15) is 25.0 Å². The summed E-state index contributed by atoms with van der Waals surface area (Å²) in [7, 11) is 0. The molecule has 0 saturated carbocycles. The molecule has 3 nitrogen and oxygen atoms in total. The molecule has 2 heterocycles. The molecule has 10 aromatic rings. The number of nitrogens with zero attached hydrogens (tertiary/aromatic N) is 2. The number of fused-ring (bicyclic) bond motifs is 9. The van der Waals surface area contributed by atoms with E-state index in [-0.39, 0.29) is 12.1 Å². The van der Waals surface area contributed by atoms with Crippen LogP contribution in [0.15, 0.2) is 224 Å². The van der Waals surface area contributed by atoms with E-state index in [1.807, 2.05) is 0 Å². The van der Waals surface area contributed by atoms with E-state index in [2.05, 4.69) is 248 Å². The second kappa shape index (κ2) is 14.5. The second-order valence-electron chi connectivity index (χ2n) is 18.0. The van der Waals surface area contributed by atoms with E-state index in [0.29, 0.717) is 0 Å². The zero-order valence-corrected chi connectivity index (χ0v) is 36.2. The molecule has 2 aliphatic heterocycles. The van der Waals surface area contributed by atoms with E-state index in [4.69, 9.17) is 4.74 Å². The highest BCUT2D eigenvalue weighted by atomic mass is 16.5. The summed E-state index contributed by atoms with van der Waals surface area (Å²) < 4.78 is 7.18. The Balaban J connectivity index is 1.01. The summed E-state index contributed by atoms with van der Waals surface area (Å²) >= 11 is 0. The first-order valence-electron chi connectivity index (χ1n) is 22.6. The fourth-order valence-electron chi connectivity index (χ4n) is 11.0. The van der Waals surface area contributed by atoms with Crippen LogP contribution in [0, 0.1) is 0 Å². The van der Waals surface area contributed by atoms with Crippen LogP contribution in [0.4, 0.5) is 34.1 Å². The van der Waals surface area contributed by atoms with Crippen molar-refractivity contribution in [1.29, 1.82) is 0 Å². The molecule has 0 saturated heterocycles. The quantitative estimate of drug-likeness (QED) is 0.155. The van der Waals surface area contributed by atoms with Crippen LogP contribution in [0.2, 0.25) is 0 Å². The van der Waals surface area contributed by atoms with Crippen molar-refractivity contribution >= 4 is 68.0 Å². The van der Waals surface area contributed by atoms with Crippen molar-refractivity contribution in [3.05, 3.63) is 236 Å². The fourth-order valence-corrected chi connectivity index (χ4v) is 11.0. The smallest absolute Gasteiger partial charge is 0.256 e. The summed E-state index contributed by atoms with van der Waals surface area (Å²) in [6.07, 6.45) is 0. The van der Waals surface area contributed by atoms with Crippen molar-refractivity contribution < 1.29 is 4.74 Å². The van der Waals surface area contributed by atoms with Crippen molar-refractivity contribution in [1.82, 2.24) is 0 Å². The monoisotopic (exact) mass is 830 g/mol. The highest BCUT2D eigenvalue weighted by molar-refractivity contribution is 6.99. The normalized spacial score (nSPS) is 13.6. The molecule has 0 radical (unpaired) electrons.